The van der Waals surface area contributed by atoms with Gasteiger partial charge < -0.3 is 9.80 Å². The lowest BCUT2D eigenvalue weighted by atomic mass is 9.92. The van der Waals surface area contributed by atoms with Gasteiger partial charge in [-0.3, -0.25) is 0 Å². The molecular formula is C22H20F7N3O2. The number of nitrogens with zero attached hydrogens (tertiary/aromatic N) is 3. The third-order valence-corrected chi connectivity index (χ3v) is 5.62. The molecule has 2 atom stereocenters. The Labute approximate surface area is 190 Å². The minimum absolute atomic E-state index is 0.0209. The highest BCUT2D eigenvalue weighted by atomic mass is 19.4. The van der Waals surface area contributed by atoms with Crippen LogP contribution < -0.4 is 0 Å². The van der Waals surface area contributed by atoms with Gasteiger partial charge in [0.15, 0.2) is 0 Å². The second kappa shape index (κ2) is 9.59. The lowest BCUT2D eigenvalue weighted by molar-refractivity contribution is -0.143. The molecule has 1 saturated heterocycles. The average Bonchev–Trinajstić information content (AvgIpc) is 2.77. The molecule has 0 bridgehead atoms. The van der Waals surface area contributed by atoms with Gasteiger partial charge in [-0.05, 0) is 54.3 Å². The van der Waals surface area contributed by atoms with Crippen molar-refractivity contribution >= 4 is 6.03 Å². The van der Waals surface area contributed by atoms with Gasteiger partial charge >= 0.3 is 18.4 Å². The van der Waals surface area contributed by atoms with E-state index in [2.05, 4.69) is 5.18 Å². The number of likely N-dealkylation sites (tertiary alicyclic amines) is 1. The van der Waals surface area contributed by atoms with Gasteiger partial charge in [-0.2, -0.15) is 31.2 Å². The van der Waals surface area contributed by atoms with Crippen LogP contribution in [0.3, 0.4) is 0 Å². The number of urea groups is 1. The number of amides is 2. The highest BCUT2D eigenvalue weighted by Gasteiger charge is 2.38. The number of hydrogen-bond acceptors (Lipinski definition) is 3. The summed E-state index contributed by atoms with van der Waals surface area (Å²) in [6.07, 6.45) is -9.62. The summed E-state index contributed by atoms with van der Waals surface area (Å²) in [6, 6.07) is 4.48. The summed E-state index contributed by atoms with van der Waals surface area (Å²) >= 11 is 0. The van der Waals surface area contributed by atoms with Crippen LogP contribution in [0.2, 0.25) is 0 Å². The molecule has 1 aliphatic heterocycles. The Bertz CT molecular complexity index is 1010. The number of carbonyl (C=O) groups is 1. The molecule has 184 valence electrons. The summed E-state index contributed by atoms with van der Waals surface area (Å²) in [7, 11) is 1.25. The second-order valence-electron chi connectivity index (χ2n) is 8.10. The molecule has 3 rings (SSSR count). The predicted molar refractivity (Wildman–Crippen MR) is 108 cm³/mol. The number of carbonyl (C=O) groups excluding carboxylic acids is 1. The third kappa shape index (κ3) is 5.84. The zero-order valence-electron chi connectivity index (χ0n) is 17.8. The van der Waals surface area contributed by atoms with Crippen molar-refractivity contribution in [2.24, 2.45) is 5.18 Å². The van der Waals surface area contributed by atoms with Crippen LogP contribution in [-0.2, 0) is 18.9 Å². The lowest BCUT2D eigenvalue weighted by Crippen LogP contribution is -2.47. The fourth-order valence-corrected chi connectivity index (χ4v) is 3.94. The molecule has 1 unspecified atom stereocenters. The van der Waals surface area contributed by atoms with Crippen molar-refractivity contribution in [3.05, 3.63) is 75.4 Å². The first kappa shape index (κ1) is 25.4. The molecule has 2 amide bonds. The molecule has 0 aromatic heterocycles. The SMILES string of the molecule is CN(Cc1cc(C(F)(F)F)cc(C(F)(F)F)c1)C(=O)N1CCC(N=O)C[C@@H]1c1ccc(F)cc1. The van der Waals surface area contributed by atoms with Gasteiger partial charge in [0.1, 0.15) is 5.82 Å². The van der Waals surface area contributed by atoms with E-state index in [1.165, 1.54) is 36.2 Å². The lowest BCUT2D eigenvalue weighted by Gasteiger charge is -2.39. The summed E-state index contributed by atoms with van der Waals surface area (Å²) < 4.78 is 92.2. The Morgan fingerprint density at radius 2 is 1.59 bits per heavy atom. The number of benzene rings is 2. The van der Waals surface area contributed by atoms with Gasteiger partial charge in [-0.15, -0.1) is 0 Å². The van der Waals surface area contributed by atoms with Gasteiger partial charge in [0, 0.05) is 20.1 Å². The van der Waals surface area contributed by atoms with Crippen molar-refractivity contribution in [2.45, 2.75) is 43.8 Å². The van der Waals surface area contributed by atoms with Crippen LogP contribution in [0.5, 0.6) is 0 Å². The molecule has 34 heavy (non-hydrogen) atoms. The number of nitroso groups, excluding NO2 is 1. The van der Waals surface area contributed by atoms with Crippen LogP contribution in [-0.4, -0.2) is 35.5 Å². The predicted octanol–water partition coefficient (Wildman–Crippen LogP) is 6.39. The molecule has 0 saturated carbocycles. The first-order valence-corrected chi connectivity index (χ1v) is 10.2. The van der Waals surface area contributed by atoms with Crippen LogP contribution in [0.25, 0.3) is 0 Å². The third-order valence-electron chi connectivity index (χ3n) is 5.62. The maximum atomic E-state index is 13.3. The van der Waals surface area contributed by atoms with Gasteiger partial charge in [0.25, 0.3) is 0 Å². The van der Waals surface area contributed by atoms with E-state index >= 15 is 0 Å². The first-order valence-electron chi connectivity index (χ1n) is 10.2. The molecule has 0 N–H and O–H groups in total. The van der Waals surface area contributed by atoms with E-state index in [-0.39, 0.29) is 31.0 Å². The van der Waals surface area contributed by atoms with E-state index in [1.807, 2.05) is 0 Å². The Balaban J connectivity index is 1.87. The monoisotopic (exact) mass is 491 g/mol. The van der Waals surface area contributed by atoms with Crippen molar-refractivity contribution in [3.8, 4) is 0 Å². The molecule has 2 aromatic rings. The van der Waals surface area contributed by atoms with E-state index in [1.54, 1.807) is 0 Å². The Hall–Kier alpha value is -3.18. The van der Waals surface area contributed by atoms with Gasteiger partial charge in [0.2, 0.25) is 0 Å². The molecule has 12 heteroatoms. The minimum Gasteiger partial charge on any atom is -0.323 e. The maximum absolute atomic E-state index is 13.3. The molecular weight excluding hydrogens is 471 g/mol. The fraction of sp³-hybridized carbons (Fsp3) is 0.409. The normalized spacial score (nSPS) is 19.1. The topological polar surface area (TPSA) is 53.0 Å². The molecule has 1 heterocycles. The fourth-order valence-electron chi connectivity index (χ4n) is 3.94. The standard InChI is InChI=1S/C22H20F7N3O2/c1-31(12-13-8-15(21(24,25)26)10-16(9-13)22(27,28)29)20(33)32-7-6-18(30-34)11-19(32)14-2-4-17(23)5-3-14/h2-5,8-10,18-19H,6-7,11-12H2,1H3/t18?,19-/m1/s1. The highest BCUT2D eigenvalue weighted by molar-refractivity contribution is 5.75. The van der Waals surface area contributed by atoms with Crippen LogP contribution in [0.15, 0.2) is 47.6 Å². The van der Waals surface area contributed by atoms with Crippen molar-refractivity contribution in [3.63, 3.8) is 0 Å². The summed E-state index contributed by atoms with van der Waals surface area (Å²) in [5.41, 5.74) is -2.77. The molecule has 0 radical (unpaired) electrons. The summed E-state index contributed by atoms with van der Waals surface area (Å²) in [4.78, 5) is 26.6. The van der Waals surface area contributed by atoms with Crippen LogP contribution in [0.1, 0.15) is 41.1 Å². The van der Waals surface area contributed by atoms with Crippen LogP contribution in [0.4, 0.5) is 35.5 Å². The van der Waals surface area contributed by atoms with E-state index in [0.717, 1.165) is 4.90 Å². The van der Waals surface area contributed by atoms with E-state index in [9.17, 15) is 40.4 Å². The van der Waals surface area contributed by atoms with Crippen molar-refractivity contribution in [1.82, 2.24) is 9.80 Å². The maximum Gasteiger partial charge on any atom is 0.416 e. The largest absolute Gasteiger partial charge is 0.416 e. The zero-order chi connectivity index (χ0) is 25.3. The van der Waals surface area contributed by atoms with E-state index < -0.39 is 54.0 Å². The number of hydrogen-bond donors (Lipinski definition) is 0. The second-order valence-corrected chi connectivity index (χ2v) is 8.10. The van der Waals surface area contributed by atoms with E-state index in [0.29, 0.717) is 17.7 Å². The summed E-state index contributed by atoms with van der Waals surface area (Å²) in [5.74, 6) is -0.510. The van der Waals surface area contributed by atoms with Gasteiger partial charge in [-0.1, -0.05) is 17.3 Å². The molecule has 1 fully saturated rings. The Morgan fingerprint density at radius 1 is 1.03 bits per heavy atom. The van der Waals surface area contributed by atoms with Gasteiger partial charge in [0.05, 0.1) is 23.2 Å². The molecule has 0 spiro atoms. The van der Waals surface area contributed by atoms with Crippen molar-refractivity contribution in [1.29, 1.82) is 0 Å². The van der Waals surface area contributed by atoms with Gasteiger partial charge in [-0.25, -0.2) is 9.18 Å². The molecule has 2 aromatic carbocycles. The zero-order valence-corrected chi connectivity index (χ0v) is 17.8. The minimum atomic E-state index is -5.00. The number of rotatable bonds is 4. The molecule has 1 aliphatic rings. The smallest absolute Gasteiger partial charge is 0.323 e. The average molecular weight is 491 g/mol. The Kier molecular flexibility index (Phi) is 7.18. The van der Waals surface area contributed by atoms with Crippen molar-refractivity contribution in [2.75, 3.05) is 13.6 Å². The van der Waals surface area contributed by atoms with E-state index in [4.69, 9.17) is 0 Å². The summed E-state index contributed by atoms with van der Waals surface area (Å²) in [6.45, 7) is -0.439. The number of halogens is 7. The highest BCUT2D eigenvalue weighted by Crippen LogP contribution is 2.37. The molecule has 5 nitrogen and oxygen atoms in total. The Morgan fingerprint density at radius 3 is 2.09 bits per heavy atom. The quantitative estimate of drug-likeness (QED) is 0.368. The number of piperidine rings is 1. The van der Waals surface area contributed by atoms with Crippen molar-refractivity contribution < 1.29 is 35.5 Å². The van der Waals surface area contributed by atoms with Crippen LogP contribution in [0, 0.1) is 10.7 Å². The van der Waals surface area contributed by atoms with Crippen LogP contribution >= 0.6 is 0 Å². The molecule has 0 aliphatic carbocycles. The summed E-state index contributed by atoms with van der Waals surface area (Å²) in [5, 5.41) is 3.02. The first-order chi connectivity index (χ1) is 15.8. The number of alkyl halides is 6.